The molecule has 0 saturated carbocycles. The molecule has 2 aromatic carbocycles. The number of amides is 1. The highest BCUT2D eigenvalue weighted by Crippen LogP contribution is 2.31. The number of para-hydroxylation sites is 1. The van der Waals surface area contributed by atoms with Crippen molar-refractivity contribution >= 4 is 29.2 Å². The lowest BCUT2D eigenvalue weighted by atomic mass is 9.99. The van der Waals surface area contributed by atoms with Crippen LogP contribution in [0.3, 0.4) is 0 Å². The number of pyridine rings is 1. The summed E-state index contributed by atoms with van der Waals surface area (Å²) in [5.74, 6) is -2.12. The van der Waals surface area contributed by atoms with Crippen molar-refractivity contribution in [2.24, 2.45) is 0 Å². The Balaban J connectivity index is 0.00000139. The molecule has 0 bridgehead atoms. The lowest BCUT2D eigenvalue weighted by Crippen LogP contribution is -2.26. The Kier molecular flexibility index (Phi) is 15.6. The topological polar surface area (TPSA) is 121 Å². The fourth-order valence-electron chi connectivity index (χ4n) is 4.62. The fraction of sp³-hybridized carbons (Fsp3) is 0.382. The number of carbonyl (C=O) groups excluding carboxylic acids is 2. The zero-order chi connectivity index (χ0) is 34.2. The molecule has 3 N–H and O–H groups in total. The van der Waals surface area contributed by atoms with Crippen LogP contribution in [0, 0.1) is 18.6 Å². The second-order valence-corrected chi connectivity index (χ2v) is 9.92. The third-order valence-corrected chi connectivity index (χ3v) is 6.84. The summed E-state index contributed by atoms with van der Waals surface area (Å²) in [5.41, 5.74) is 0.778. The molecule has 2 heterocycles. The van der Waals surface area contributed by atoms with Crippen LogP contribution in [0.25, 0.3) is 28.0 Å². The van der Waals surface area contributed by atoms with Gasteiger partial charge in [0.25, 0.3) is 11.5 Å². The average Bonchev–Trinajstić information content (AvgIpc) is 3.05. The van der Waals surface area contributed by atoms with Crippen molar-refractivity contribution in [1.82, 2.24) is 30.1 Å². The van der Waals surface area contributed by atoms with E-state index in [1.54, 1.807) is 18.2 Å². The van der Waals surface area contributed by atoms with Crippen molar-refractivity contribution < 1.29 is 18.4 Å². The minimum atomic E-state index is -0.918. The molecule has 0 fully saturated rings. The van der Waals surface area contributed by atoms with Gasteiger partial charge in [-0.2, -0.15) is 4.98 Å². The molecule has 0 spiro atoms. The number of nitrogens with one attached hydrogen (secondary N) is 3. The van der Waals surface area contributed by atoms with Crippen molar-refractivity contribution in [1.29, 1.82) is 0 Å². The van der Waals surface area contributed by atoms with Gasteiger partial charge < -0.3 is 25.6 Å². The third kappa shape index (κ3) is 9.48. The Hall–Kier alpha value is -4.55. The Labute approximate surface area is 269 Å². The van der Waals surface area contributed by atoms with Crippen LogP contribution in [-0.4, -0.2) is 78.4 Å². The Morgan fingerprint density at radius 1 is 1.00 bits per heavy atom. The van der Waals surface area contributed by atoms with Gasteiger partial charge in [0.2, 0.25) is 5.95 Å². The summed E-state index contributed by atoms with van der Waals surface area (Å²) in [6.45, 7) is 13.1. The second-order valence-electron chi connectivity index (χ2n) is 9.92. The number of aryl methyl sites for hydroxylation is 1. The van der Waals surface area contributed by atoms with Gasteiger partial charge in [0.15, 0.2) is 5.65 Å². The molecule has 0 aliphatic carbocycles. The molecule has 0 saturated heterocycles. The van der Waals surface area contributed by atoms with Crippen molar-refractivity contribution in [3.63, 3.8) is 0 Å². The Morgan fingerprint density at radius 2 is 1.65 bits per heavy atom. The van der Waals surface area contributed by atoms with Gasteiger partial charge in [-0.3, -0.25) is 14.2 Å². The maximum Gasteiger partial charge on any atom is 0.256 e. The summed E-state index contributed by atoms with van der Waals surface area (Å²) in [4.78, 5) is 48.0. The van der Waals surface area contributed by atoms with Crippen LogP contribution in [-0.2, 0) is 4.79 Å². The summed E-state index contributed by atoms with van der Waals surface area (Å²) in [6, 6.07) is 11.1. The quantitative estimate of drug-likeness (QED) is 0.147. The van der Waals surface area contributed by atoms with E-state index in [1.165, 1.54) is 18.2 Å². The first-order valence-electron chi connectivity index (χ1n) is 15.5. The third-order valence-electron chi connectivity index (χ3n) is 6.84. The van der Waals surface area contributed by atoms with E-state index < -0.39 is 28.8 Å². The highest BCUT2D eigenvalue weighted by atomic mass is 19.1. The first-order chi connectivity index (χ1) is 22.2. The van der Waals surface area contributed by atoms with Crippen molar-refractivity contribution in [2.45, 2.75) is 41.0 Å². The second kappa shape index (κ2) is 19.1. The molecule has 10 nitrogen and oxygen atoms in total. The molecular weight excluding hydrogens is 592 g/mol. The number of halogens is 2. The Morgan fingerprint density at radius 3 is 2.26 bits per heavy atom. The predicted molar refractivity (Wildman–Crippen MR) is 181 cm³/mol. The van der Waals surface area contributed by atoms with Crippen LogP contribution in [0.4, 0.5) is 14.7 Å². The number of fused-ring (bicyclic) bond motifs is 1. The van der Waals surface area contributed by atoms with E-state index in [4.69, 9.17) is 4.98 Å². The molecule has 1 amide bonds. The number of aromatic nitrogens is 3. The smallest absolute Gasteiger partial charge is 0.256 e. The number of hydrogen-bond donors (Lipinski definition) is 3. The van der Waals surface area contributed by atoms with E-state index >= 15 is 0 Å². The zero-order valence-electron chi connectivity index (χ0n) is 27.7. The van der Waals surface area contributed by atoms with Crippen LogP contribution in [0.5, 0.6) is 0 Å². The monoisotopic (exact) mass is 637 g/mol. The van der Waals surface area contributed by atoms with Gasteiger partial charge >= 0.3 is 0 Å². The van der Waals surface area contributed by atoms with Crippen LogP contribution in [0.15, 0.2) is 53.3 Å². The van der Waals surface area contributed by atoms with Gasteiger partial charge in [-0.15, -0.1) is 0 Å². The largest absolute Gasteiger partial charge is 0.354 e. The van der Waals surface area contributed by atoms with E-state index in [1.807, 2.05) is 34.9 Å². The summed E-state index contributed by atoms with van der Waals surface area (Å²) in [5, 5.41) is 8.81. The van der Waals surface area contributed by atoms with Gasteiger partial charge in [-0.25, -0.2) is 13.8 Å². The van der Waals surface area contributed by atoms with E-state index in [0.717, 1.165) is 48.3 Å². The van der Waals surface area contributed by atoms with Crippen LogP contribution >= 0.6 is 0 Å². The first-order valence-corrected chi connectivity index (χ1v) is 15.5. The molecule has 46 heavy (non-hydrogen) atoms. The number of anilines is 1. The molecule has 2 aromatic heterocycles. The highest BCUT2D eigenvalue weighted by Gasteiger charge is 2.21. The molecular formula is C34H45F2N7O3. The number of hydrogen-bond acceptors (Lipinski definition) is 8. The van der Waals surface area contributed by atoms with Gasteiger partial charge in [-0.05, 0) is 83.0 Å². The van der Waals surface area contributed by atoms with Crippen LogP contribution < -0.4 is 21.5 Å². The summed E-state index contributed by atoms with van der Waals surface area (Å²) >= 11 is 0. The minimum Gasteiger partial charge on any atom is -0.354 e. The number of benzene rings is 2. The van der Waals surface area contributed by atoms with Crippen molar-refractivity contribution in [2.75, 3.05) is 52.1 Å². The van der Waals surface area contributed by atoms with E-state index in [2.05, 4.69) is 39.7 Å². The van der Waals surface area contributed by atoms with Gasteiger partial charge in [0.05, 0.1) is 12.2 Å². The standard InChI is InChI=1S/C30H32F2N6O3.C2H7N.C2H6/c1-4-37(5-2)16-7-14-34-30-35-26(22-18-20(11-10-19(22)3)29(41)33-15-17-39)21-12-13-25(40)38(28(21)36-30)27-23(31)8-6-9-24(27)32;1-3-2;1-2/h6,8-13,17-18H,4-5,7,14-16H2,1-3H3,(H,33,41)(H,34,35,36);3H,1-2H3;1-2H3. The molecule has 0 atom stereocenters. The van der Waals surface area contributed by atoms with Crippen LogP contribution in [0.1, 0.15) is 50.0 Å². The molecule has 12 heteroatoms. The summed E-state index contributed by atoms with van der Waals surface area (Å²) in [7, 11) is 3.75. The fourth-order valence-corrected chi connectivity index (χ4v) is 4.62. The van der Waals surface area contributed by atoms with E-state index in [-0.39, 0.29) is 18.1 Å². The van der Waals surface area contributed by atoms with Gasteiger partial charge in [0.1, 0.15) is 23.6 Å². The molecule has 248 valence electrons. The normalized spacial score (nSPS) is 10.5. The average molecular weight is 638 g/mol. The highest BCUT2D eigenvalue weighted by molar-refractivity contribution is 5.99. The maximum atomic E-state index is 14.9. The van der Waals surface area contributed by atoms with Crippen molar-refractivity contribution in [3.8, 4) is 16.9 Å². The van der Waals surface area contributed by atoms with E-state index in [9.17, 15) is 23.2 Å². The predicted octanol–water partition coefficient (Wildman–Crippen LogP) is 4.97. The van der Waals surface area contributed by atoms with Gasteiger partial charge in [-0.1, -0.05) is 39.8 Å². The number of nitrogens with zero attached hydrogens (tertiary/aromatic N) is 4. The van der Waals surface area contributed by atoms with E-state index in [0.29, 0.717) is 35.0 Å². The maximum absolute atomic E-state index is 14.9. The molecule has 4 aromatic rings. The van der Waals surface area contributed by atoms with Crippen molar-refractivity contribution in [3.05, 3.63) is 81.6 Å². The SMILES string of the molecule is CC.CCN(CC)CCCNc1nc(-c2cc(C(=O)NCC=O)ccc2C)c2ccc(=O)n(-c3c(F)cccc3F)c2n1.CNC. The molecule has 4 rings (SSSR count). The Bertz CT molecular complexity index is 1640. The lowest BCUT2D eigenvalue weighted by molar-refractivity contribution is -0.107. The molecule has 0 aliphatic heterocycles. The number of carbonyl (C=O) groups is 2. The molecule has 0 aliphatic rings. The van der Waals surface area contributed by atoms with Gasteiger partial charge in [0, 0.05) is 29.1 Å². The van der Waals surface area contributed by atoms with Crippen LogP contribution in [0.2, 0.25) is 0 Å². The lowest BCUT2D eigenvalue weighted by Gasteiger charge is -2.18. The first kappa shape index (κ1) is 37.6. The minimum absolute atomic E-state index is 0.00736. The summed E-state index contributed by atoms with van der Waals surface area (Å²) in [6.07, 6.45) is 1.37. The molecule has 0 unspecified atom stereocenters. The zero-order valence-corrected chi connectivity index (χ0v) is 27.7. The number of rotatable bonds is 12. The summed E-state index contributed by atoms with van der Waals surface area (Å²) < 4.78 is 30.8. The molecule has 0 radical (unpaired) electrons. The number of aldehydes is 1.